The van der Waals surface area contributed by atoms with Crippen LogP contribution in [0.25, 0.3) is 11.0 Å². The van der Waals surface area contributed by atoms with Gasteiger partial charge in [0.15, 0.2) is 12.4 Å². The third-order valence-corrected chi connectivity index (χ3v) is 6.75. The van der Waals surface area contributed by atoms with Crippen molar-refractivity contribution < 1.29 is 28.2 Å². The lowest BCUT2D eigenvalue weighted by Crippen LogP contribution is -2.39. The normalized spacial score (nSPS) is 21.0. The molecule has 0 spiro atoms. The number of hydrogen-bond donors (Lipinski definition) is 2. The largest absolute Gasteiger partial charge is 0.482 e. The summed E-state index contributed by atoms with van der Waals surface area (Å²) in [5.74, 6) is 0.292. The van der Waals surface area contributed by atoms with E-state index in [4.69, 9.17) is 14.2 Å². The van der Waals surface area contributed by atoms with Crippen molar-refractivity contribution in [2.24, 2.45) is 0 Å². The topological polar surface area (TPSA) is 118 Å². The van der Waals surface area contributed by atoms with Crippen molar-refractivity contribution in [3.05, 3.63) is 42.3 Å². The molecule has 2 atom stereocenters. The Morgan fingerprint density at radius 3 is 3.00 bits per heavy atom. The Hall–Kier alpha value is -4.19. The van der Waals surface area contributed by atoms with Crippen LogP contribution in [0.5, 0.6) is 11.6 Å². The highest BCUT2D eigenvalue weighted by atomic mass is 19.1. The highest BCUT2D eigenvalue weighted by molar-refractivity contribution is 5.97. The van der Waals surface area contributed by atoms with E-state index < -0.39 is 11.9 Å². The summed E-state index contributed by atoms with van der Waals surface area (Å²) in [6.45, 7) is 2.01. The van der Waals surface area contributed by atoms with Gasteiger partial charge in [-0.3, -0.25) is 14.7 Å². The zero-order chi connectivity index (χ0) is 25.5. The molecule has 2 aromatic heterocycles. The molecule has 11 nitrogen and oxygen atoms in total. The van der Waals surface area contributed by atoms with Crippen molar-refractivity contribution in [2.45, 2.75) is 18.6 Å². The number of nitrogens with zero attached hydrogens (tertiary/aromatic N) is 4. The first kappa shape index (κ1) is 23.2. The number of fused-ring (bicyclic) bond motifs is 2. The number of methoxy groups -OCH3 is 1. The molecule has 3 aliphatic heterocycles. The van der Waals surface area contributed by atoms with Gasteiger partial charge >= 0.3 is 6.09 Å². The summed E-state index contributed by atoms with van der Waals surface area (Å²) in [5.41, 5.74) is 2.62. The summed E-state index contributed by atoms with van der Waals surface area (Å²) in [5, 5.41) is 6.21. The maximum absolute atomic E-state index is 14.8. The molecule has 6 rings (SSSR count). The van der Waals surface area contributed by atoms with Gasteiger partial charge in [0, 0.05) is 37.4 Å². The lowest BCUT2D eigenvalue weighted by atomic mass is 10.2. The zero-order valence-electron chi connectivity index (χ0n) is 20.1. The molecule has 3 aromatic rings. The van der Waals surface area contributed by atoms with E-state index >= 15 is 0 Å². The van der Waals surface area contributed by atoms with Crippen molar-refractivity contribution in [1.82, 2.24) is 15.3 Å². The van der Waals surface area contributed by atoms with Crippen LogP contribution in [0.2, 0.25) is 0 Å². The molecule has 37 heavy (non-hydrogen) atoms. The Balaban J connectivity index is 1.09. The molecule has 3 aliphatic rings. The summed E-state index contributed by atoms with van der Waals surface area (Å²) >= 11 is 0. The van der Waals surface area contributed by atoms with Gasteiger partial charge in [-0.25, -0.2) is 14.2 Å². The van der Waals surface area contributed by atoms with Gasteiger partial charge in [0.1, 0.15) is 23.1 Å². The summed E-state index contributed by atoms with van der Waals surface area (Å²) < 4.78 is 31.0. The third-order valence-electron chi connectivity index (χ3n) is 6.75. The van der Waals surface area contributed by atoms with E-state index in [1.54, 1.807) is 30.3 Å². The van der Waals surface area contributed by atoms with Crippen LogP contribution >= 0.6 is 0 Å². The Kier molecular flexibility index (Phi) is 5.87. The summed E-state index contributed by atoms with van der Waals surface area (Å²) in [6, 6.07) is 8.73. The van der Waals surface area contributed by atoms with E-state index in [1.807, 2.05) is 4.90 Å². The number of halogens is 1. The number of hydrogen-bond acceptors (Lipinski definition) is 9. The average molecular weight is 509 g/mol. The van der Waals surface area contributed by atoms with Crippen molar-refractivity contribution in [3.8, 4) is 11.6 Å². The Labute approximate surface area is 211 Å². The molecule has 0 aliphatic carbocycles. The predicted octanol–water partition coefficient (Wildman–Crippen LogP) is 2.30. The number of benzene rings is 1. The van der Waals surface area contributed by atoms with Crippen LogP contribution in [-0.2, 0) is 9.53 Å². The fraction of sp³-hybridized carbons (Fsp3) is 0.360. The summed E-state index contributed by atoms with van der Waals surface area (Å²) in [6.07, 6.45) is 1.21. The Morgan fingerprint density at radius 2 is 2.14 bits per heavy atom. The van der Waals surface area contributed by atoms with Crippen LogP contribution in [0.15, 0.2) is 36.5 Å². The number of pyridine rings is 2. The molecule has 1 aromatic carbocycles. The molecule has 2 amide bonds. The molecule has 2 N–H and O–H groups in total. The van der Waals surface area contributed by atoms with Gasteiger partial charge in [-0.2, -0.15) is 0 Å². The number of carbonyl (C=O) groups excluding carboxylic acids is 2. The van der Waals surface area contributed by atoms with E-state index in [0.717, 1.165) is 6.42 Å². The number of anilines is 3. The number of ether oxygens (including phenoxy) is 3. The molecular weight excluding hydrogens is 483 g/mol. The van der Waals surface area contributed by atoms with Gasteiger partial charge in [-0.1, -0.05) is 0 Å². The first-order chi connectivity index (χ1) is 18.0. The molecule has 2 saturated heterocycles. The maximum Gasteiger partial charge on any atom is 0.414 e. The van der Waals surface area contributed by atoms with E-state index in [-0.39, 0.29) is 24.7 Å². The number of rotatable bonds is 6. The van der Waals surface area contributed by atoms with Gasteiger partial charge < -0.3 is 29.7 Å². The van der Waals surface area contributed by atoms with Crippen LogP contribution < -0.4 is 29.9 Å². The second-order valence-corrected chi connectivity index (χ2v) is 9.15. The van der Waals surface area contributed by atoms with Crippen molar-refractivity contribution >= 4 is 40.1 Å². The molecule has 0 bridgehead atoms. The van der Waals surface area contributed by atoms with Gasteiger partial charge in [-0.15, -0.1) is 0 Å². The lowest BCUT2D eigenvalue weighted by molar-refractivity contribution is -0.118. The fourth-order valence-electron chi connectivity index (χ4n) is 4.93. The third kappa shape index (κ3) is 4.44. The lowest BCUT2D eigenvalue weighted by Gasteiger charge is -2.21. The van der Waals surface area contributed by atoms with E-state index in [0.29, 0.717) is 65.9 Å². The van der Waals surface area contributed by atoms with E-state index in [9.17, 15) is 14.0 Å². The van der Waals surface area contributed by atoms with E-state index in [2.05, 4.69) is 20.6 Å². The molecule has 192 valence electrons. The number of carbonyl (C=O) groups is 2. The molecule has 12 heteroatoms. The summed E-state index contributed by atoms with van der Waals surface area (Å²) in [7, 11) is 1.52. The average Bonchev–Trinajstić information content (AvgIpc) is 3.52. The Morgan fingerprint density at radius 1 is 1.24 bits per heavy atom. The van der Waals surface area contributed by atoms with Gasteiger partial charge in [0.05, 0.1) is 31.1 Å². The molecule has 2 fully saturated rings. The summed E-state index contributed by atoms with van der Waals surface area (Å²) in [4.78, 5) is 36.2. The van der Waals surface area contributed by atoms with Crippen LogP contribution in [0.4, 0.5) is 26.2 Å². The number of amides is 2. The van der Waals surface area contributed by atoms with Gasteiger partial charge in [0.25, 0.3) is 5.91 Å². The number of cyclic esters (lactones) is 1. The Bertz CT molecular complexity index is 1390. The molecule has 0 saturated carbocycles. The van der Waals surface area contributed by atoms with Gasteiger partial charge in [0.2, 0.25) is 5.88 Å². The van der Waals surface area contributed by atoms with Crippen molar-refractivity contribution in [3.63, 3.8) is 0 Å². The SMILES string of the molecule is COc1ccc2ncc(F)c(N3CC[C@H](NC[C@@H]4CN(c5ccc6c(c5)NC(=O)CO6)C(=O)O4)C3)c2n1. The number of nitrogens with one attached hydrogen (secondary N) is 2. The minimum atomic E-state index is -0.451. The smallest absolute Gasteiger partial charge is 0.414 e. The fourth-order valence-corrected chi connectivity index (χ4v) is 4.93. The van der Waals surface area contributed by atoms with Crippen LogP contribution in [0, 0.1) is 5.82 Å². The van der Waals surface area contributed by atoms with E-state index in [1.165, 1.54) is 18.2 Å². The van der Waals surface area contributed by atoms with Crippen LogP contribution in [-0.4, -0.2) is 74.0 Å². The van der Waals surface area contributed by atoms with Crippen molar-refractivity contribution in [1.29, 1.82) is 0 Å². The second kappa shape index (κ2) is 9.36. The zero-order valence-corrected chi connectivity index (χ0v) is 20.1. The maximum atomic E-state index is 14.8. The first-order valence-electron chi connectivity index (χ1n) is 12.0. The van der Waals surface area contributed by atoms with Crippen LogP contribution in [0.1, 0.15) is 6.42 Å². The predicted molar refractivity (Wildman–Crippen MR) is 133 cm³/mol. The van der Waals surface area contributed by atoms with Gasteiger partial charge in [-0.05, 0) is 30.7 Å². The monoisotopic (exact) mass is 508 g/mol. The van der Waals surface area contributed by atoms with Crippen LogP contribution in [0.3, 0.4) is 0 Å². The minimum Gasteiger partial charge on any atom is -0.482 e. The molecular formula is C25H25FN6O5. The standard InChI is InChI=1S/C25H25FN6O5/c1-35-22-5-3-18-23(30-22)24(17(26)10-28-18)31-7-6-14(11-31)27-9-16-12-32(25(34)37-16)15-2-4-20-19(8-15)29-21(33)13-36-20/h2-5,8,10,14,16,27H,6-7,9,11-13H2,1H3,(H,29,33)/t14-,16+/m0/s1. The van der Waals surface area contributed by atoms with Crippen molar-refractivity contribution in [2.75, 3.05) is 55.0 Å². The molecule has 0 radical (unpaired) electrons. The first-order valence-corrected chi connectivity index (χ1v) is 12.0. The second-order valence-electron chi connectivity index (χ2n) is 9.15. The highest BCUT2D eigenvalue weighted by Crippen LogP contribution is 2.34. The molecule has 5 heterocycles. The molecule has 0 unspecified atom stereocenters. The minimum absolute atomic E-state index is 0.0286. The number of aromatic nitrogens is 2. The quantitative estimate of drug-likeness (QED) is 0.517. The highest BCUT2D eigenvalue weighted by Gasteiger charge is 2.34.